The van der Waals surface area contributed by atoms with Crippen LogP contribution in [0.4, 0.5) is 5.69 Å². The van der Waals surface area contributed by atoms with Crippen molar-refractivity contribution in [3.63, 3.8) is 0 Å². The van der Waals surface area contributed by atoms with Gasteiger partial charge in [-0.2, -0.15) is 5.26 Å². The summed E-state index contributed by atoms with van der Waals surface area (Å²) in [5.74, 6) is 0.731. The first kappa shape index (κ1) is 9.40. The maximum absolute atomic E-state index is 8.82. The molecular weight excluding hydrogens is 164 g/mol. The van der Waals surface area contributed by atoms with Crippen LogP contribution in [0, 0.1) is 25.2 Å². The SMILES string of the molecule is COc1cc(C)c(C#N)c(N)c1C. The number of nitrogen functional groups attached to an aromatic ring is 1. The number of benzene rings is 1. The van der Waals surface area contributed by atoms with Gasteiger partial charge in [0, 0.05) is 5.56 Å². The summed E-state index contributed by atoms with van der Waals surface area (Å²) >= 11 is 0. The molecule has 0 fully saturated rings. The Morgan fingerprint density at radius 2 is 2.08 bits per heavy atom. The molecule has 0 atom stereocenters. The van der Waals surface area contributed by atoms with Crippen LogP contribution in [0.3, 0.4) is 0 Å². The van der Waals surface area contributed by atoms with Crippen molar-refractivity contribution in [2.45, 2.75) is 13.8 Å². The van der Waals surface area contributed by atoms with Crippen molar-refractivity contribution in [3.8, 4) is 11.8 Å². The average molecular weight is 176 g/mol. The van der Waals surface area contributed by atoms with Crippen LogP contribution < -0.4 is 10.5 Å². The van der Waals surface area contributed by atoms with Gasteiger partial charge in [0.1, 0.15) is 11.8 Å². The lowest BCUT2D eigenvalue weighted by Crippen LogP contribution is -1.99. The molecule has 0 aliphatic carbocycles. The number of rotatable bonds is 1. The molecule has 0 spiro atoms. The smallest absolute Gasteiger partial charge is 0.124 e. The summed E-state index contributed by atoms with van der Waals surface area (Å²) in [7, 11) is 1.59. The third-order valence-electron chi connectivity index (χ3n) is 2.12. The Hall–Kier alpha value is -1.69. The summed E-state index contributed by atoms with van der Waals surface area (Å²) in [6.45, 7) is 3.69. The number of aryl methyl sites for hydroxylation is 1. The molecule has 1 aromatic carbocycles. The van der Waals surface area contributed by atoms with E-state index in [-0.39, 0.29) is 0 Å². The van der Waals surface area contributed by atoms with Crippen molar-refractivity contribution < 1.29 is 4.74 Å². The summed E-state index contributed by atoms with van der Waals surface area (Å²) in [4.78, 5) is 0. The standard InChI is InChI=1S/C10H12N2O/c1-6-4-9(13-3)7(2)10(12)8(6)5-11/h4H,12H2,1-3H3. The highest BCUT2D eigenvalue weighted by atomic mass is 16.5. The lowest BCUT2D eigenvalue weighted by atomic mass is 10.0. The molecule has 0 aliphatic heterocycles. The molecule has 0 unspecified atom stereocenters. The van der Waals surface area contributed by atoms with Crippen LogP contribution in [0.15, 0.2) is 6.07 Å². The molecule has 0 saturated heterocycles. The van der Waals surface area contributed by atoms with E-state index in [9.17, 15) is 0 Å². The molecule has 0 heterocycles. The summed E-state index contributed by atoms with van der Waals surface area (Å²) in [5, 5.41) is 8.82. The van der Waals surface area contributed by atoms with Crippen LogP contribution in [0.25, 0.3) is 0 Å². The van der Waals surface area contributed by atoms with Gasteiger partial charge in [0.2, 0.25) is 0 Å². The Balaban J connectivity index is 3.48. The van der Waals surface area contributed by atoms with E-state index in [0.717, 1.165) is 16.9 Å². The number of methoxy groups -OCH3 is 1. The van der Waals surface area contributed by atoms with Crippen molar-refractivity contribution in [1.29, 1.82) is 5.26 Å². The Labute approximate surface area is 77.7 Å². The van der Waals surface area contributed by atoms with E-state index in [2.05, 4.69) is 6.07 Å². The predicted molar refractivity (Wildman–Crippen MR) is 51.6 cm³/mol. The zero-order valence-corrected chi connectivity index (χ0v) is 8.01. The minimum atomic E-state index is 0.513. The molecule has 0 bridgehead atoms. The minimum Gasteiger partial charge on any atom is -0.496 e. The van der Waals surface area contributed by atoms with E-state index in [1.807, 2.05) is 19.9 Å². The number of hydrogen-bond donors (Lipinski definition) is 1. The van der Waals surface area contributed by atoms with E-state index in [0.29, 0.717) is 11.3 Å². The number of ether oxygens (including phenoxy) is 1. The molecule has 13 heavy (non-hydrogen) atoms. The number of anilines is 1. The van der Waals surface area contributed by atoms with Crippen LogP contribution in [-0.4, -0.2) is 7.11 Å². The molecule has 0 amide bonds. The maximum atomic E-state index is 8.82. The zero-order valence-electron chi connectivity index (χ0n) is 8.01. The lowest BCUT2D eigenvalue weighted by Gasteiger charge is -2.10. The van der Waals surface area contributed by atoms with E-state index in [1.165, 1.54) is 0 Å². The normalized spacial score (nSPS) is 9.38. The van der Waals surface area contributed by atoms with Gasteiger partial charge in [-0.25, -0.2) is 0 Å². The fourth-order valence-corrected chi connectivity index (χ4v) is 1.27. The number of nitriles is 1. The monoisotopic (exact) mass is 176 g/mol. The molecule has 68 valence electrons. The van der Waals surface area contributed by atoms with Crippen molar-refractivity contribution in [1.82, 2.24) is 0 Å². The van der Waals surface area contributed by atoms with Crippen LogP contribution >= 0.6 is 0 Å². The quantitative estimate of drug-likeness (QED) is 0.663. The van der Waals surface area contributed by atoms with Crippen LogP contribution in [0.2, 0.25) is 0 Å². The van der Waals surface area contributed by atoms with Gasteiger partial charge in [0.05, 0.1) is 18.4 Å². The molecule has 3 nitrogen and oxygen atoms in total. The highest BCUT2D eigenvalue weighted by Gasteiger charge is 2.10. The Morgan fingerprint density at radius 1 is 1.46 bits per heavy atom. The average Bonchev–Trinajstić information content (AvgIpc) is 2.12. The summed E-state index contributed by atoms with van der Waals surface area (Å²) in [5.41, 5.74) is 8.49. The van der Waals surface area contributed by atoms with Gasteiger partial charge in [-0.05, 0) is 25.5 Å². The van der Waals surface area contributed by atoms with Crippen molar-refractivity contribution in [3.05, 3.63) is 22.8 Å². The molecule has 0 aliphatic rings. The minimum absolute atomic E-state index is 0.513. The van der Waals surface area contributed by atoms with E-state index >= 15 is 0 Å². The molecular formula is C10H12N2O. The zero-order chi connectivity index (χ0) is 10.0. The number of nitrogens with two attached hydrogens (primary N) is 1. The third-order valence-corrected chi connectivity index (χ3v) is 2.12. The van der Waals surface area contributed by atoms with E-state index < -0.39 is 0 Å². The number of nitrogens with zero attached hydrogens (tertiary/aromatic N) is 1. The fourth-order valence-electron chi connectivity index (χ4n) is 1.27. The molecule has 0 aromatic heterocycles. The first-order valence-electron chi connectivity index (χ1n) is 3.95. The van der Waals surface area contributed by atoms with Crippen molar-refractivity contribution in [2.75, 3.05) is 12.8 Å². The molecule has 2 N–H and O–H groups in total. The van der Waals surface area contributed by atoms with E-state index in [4.69, 9.17) is 15.7 Å². The highest BCUT2D eigenvalue weighted by molar-refractivity contribution is 5.66. The molecule has 0 radical (unpaired) electrons. The van der Waals surface area contributed by atoms with E-state index in [1.54, 1.807) is 7.11 Å². The first-order chi connectivity index (χ1) is 6.11. The van der Waals surface area contributed by atoms with Crippen molar-refractivity contribution >= 4 is 5.69 Å². The third kappa shape index (κ3) is 1.43. The first-order valence-corrected chi connectivity index (χ1v) is 3.95. The van der Waals surface area contributed by atoms with Crippen LogP contribution in [0.1, 0.15) is 16.7 Å². The largest absolute Gasteiger partial charge is 0.496 e. The van der Waals surface area contributed by atoms with Gasteiger partial charge in [-0.1, -0.05) is 0 Å². The van der Waals surface area contributed by atoms with Gasteiger partial charge < -0.3 is 10.5 Å². The van der Waals surface area contributed by atoms with Gasteiger partial charge >= 0.3 is 0 Å². The second-order valence-electron chi connectivity index (χ2n) is 2.92. The Morgan fingerprint density at radius 3 is 2.54 bits per heavy atom. The Bertz CT molecular complexity index is 377. The Kier molecular flexibility index (Phi) is 2.43. The molecule has 3 heteroatoms. The second kappa shape index (κ2) is 3.36. The topological polar surface area (TPSA) is 59.0 Å². The highest BCUT2D eigenvalue weighted by Crippen LogP contribution is 2.29. The van der Waals surface area contributed by atoms with Gasteiger partial charge in [0.15, 0.2) is 0 Å². The molecule has 1 rings (SSSR count). The summed E-state index contributed by atoms with van der Waals surface area (Å²) in [6.07, 6.45) is 0. The maximum Gasteiger partial charge on any atom is 0.124 e. The van der Waals surface area contributed by atoms with Crippen molar-refractivity contribution in [2.24, 2.45) is 0 Å². The fraction of sp³-hybridized carbons (Fsp3) is 0.300. The predicted octanol–water partition coefficient (Wildman–Crippen LogP) is 1.77. The second-order valence-corrected chi connectivity index (χ2v) is 2.92. The lowest BCUT2D eigenvalue weighted by molar-refractivity contribution is 0.411. The number of hydrogen-bond acceptors (Lipinski definition) is 3. The van der Waals surface area contributed by atoms with Gasteiger partial charge in [0.25, 0.3) is 0 Å². The molecule has 1 aromatic rings. The van der Waals surface area contributed by atoms with Gasteiger partial charge in [-0.3, -0.25) is 0 Å². The summed E-state index contributed by atoms with van der Waals surface area (Å²) in [6, 6.07) is 3.90. The molecule has 0 saturated carbocycles. The van der Waals surface area contributed by atoms with Crippen LogP contribution in [-0.2, 0) is 0 Å². The van der Waals surface area contributed by atoms with Crippen LogP contribution in [0.5, 0.6) is 5.75 Å². The summed E-state index contributed by atoms with van der Waals surface area (Å²) < 4.78 is 5.12. The van der Waals surface area contributed by atoms with Gasteiger partial charge in [-0.15, -0.1) is 0 Å².